The van der Waals surface area contributed by atoms with Gasteiger partial charge in [-0.15, -0.1) is 0 Å². The van der Waals surface area contributed by atoms with E-state index in [0.717, 1.165) is 0 Å². The van der Waals surface area contributed by atoms with Gasteiger partial charge in [-0.2, -0.15) is 21.6 Å². The summed E-state index contributed by atoms with van der Waals surface area (Å²) >= 11 is 0. The summed E-state index contributed by atoms with van der Waals surface area (Å²) in [6, 6.07) is 0.868. The molecule has 0 saturated heterocycles. The second-order valence-electron chi connectivity index (χ2n) is 3.10. The lowest BCUT2D eigenvalue weighted by Gasteiger charge is -2.11. The van der Waals surface area contributed by atoms with E-state index in [1.54, 1.807) is 0 Å². The van der Waals surface area contributed by atoms with Crippen LogP contribution < -0.4 is 0 Å². The average Bonchev–Trinajstić information content (AvgIpc) is 2.13. The molecule has 1 aromatic carbocycles. The summed E-state index contributed by atoms with van der Waals surface area (Å²) in [6.45, 7) is 0. The molecule has 0 amide bonds. The molecule has 1 atom stereocenters. The fourth-order valence-electron chi connectivity index (χ4n) is 1.06. The van der Waals surface area contributed by atoms with Crippen LogP contribution in [0.15, 0.2) is 18.2 Å². The summed E-state index contributed by atoms with van der Waals surface area (Å²) in [4.78, 5) is 0. The predicted octanol–water partition coefficient (Wildman–Crippen LogP) is 1.72. The zero-order chi connectivity index (χ0) is 13.4. The van der Waals surface area contributed by atoms with Gasteiger partial charge in [0.2, 0.25) is 5.44 Å². The zero-order valence-electron chi connectivity index (χ0n) is 7.94. The van der Waals surface area contributed by atoms with Crippen LogP contribution in [0.5, 0.6) is 0 Å². The van der Waals surface area contributed by atoms with Crippen LogP contribution >= 0.6 is 0 Å². The van der Waals surface area contributed by atoms with Gasteiger partial charge in [0.05, 0.1) is 5.56 Å². The predicted molar refractivity (Wildman–Crippen MR) is 47.9 cm³/mol. The smallest absolute Gasteiger partial charge is 0.371 e. The summed E-state index contributed by atoms with van der Waals surface area (Å²) in [5.41, 5.74) is -4.91. The van der Waals surface area contributed by atoms with Gasteiger partial charge in [-0.1, -0.05) is 6.07 Å². The Morgan fingerprint density at radius 1 is 1.24 bits per heavy atom. The normalized spacial score (nSPS) is 14.7. The Balaban J connectivity index is 3.24. The molecule has 0 aromatic heterocycles. The summed E-state index contributed by atoms with van der Waals surface area (Å²) in [5.74, 6) is -1.58. The molecule has 4 nitrogen and oxygen atoms in total. The van der Waals surface area contributed by atoms with Crippen molar-refractivity contribution in [1.82, 2.24) is 0 Å². The molecule has 9 heteroatoms. The van der Waals surface area contributed by atoms with E-state index < -0.39 is 38.7 Å². The van der Waals surface area contributed by atoms with Crippen molar-refractivity contribution in [2.75, 3.05) is 0 Å². The molecule has 0 aliphatic carbocycles. The summed E-state index contributed by atoms with van der Waals surface area (Å²) in [6.07, 6.45) is -4.79. The molecule has 0 bridgehead atoms. The number of hydrogen-bond donors (Lipinski definition) is 2. The van der Waals surface area contributed by atoms with Gasteiger partial charge in [0.1, 0.15) is 5.82 Å². The fourth-order valence-corrected chi connectivity index (χ4v) is 1.58. The van der Waals surface area contributed by atoms with Crippen LogP contribution in [0.25, 0.3) is 0 Å². The largest absolute Gasteiger partial charge is 0.416 e. The molecule has 96 valence electrons. The van der Waals surface area contributed by atoms with Gasteiger partial charge in [0.25, 0.3) is 10.1 Å². The first-order valence-corrected chi connectivity index (χ1v) is 5.55. The van der Waals surface area contributed by atoms with Crippen molar-refractivity contribution in [3.63, 3.8) is 0 Å². The number of alkyl halides is 3. The monoisotopic (exact) mass is 274 g/mol. The molecule has 0 aliphatic heterocycles. The van der Waals surface area contributed by atoms with Crippen LogP contribution in [0.2, 0.25) is 0 Å². The van der Waals surface area contributed by atoms with Gasteiger partial charge in [0, 0.05) is 5.56 Å². The highest BCUT2D eigenvalue weighted by molar-refractivity contribution is 7.85. The highest BCUT2D eigenvalue weighted by Gasteiger charge is 2.33. The Hall–Kier alpha value is -1.19. The average molecular weight is 274 g/mol. The van der Waals surface area contributed by atoms with Crippen molar-refractivity contribution in [1.29, 1.82) is 0 Å². The minimum Gasteiger partial charge on any atom is -0.371 e. The van der Waals surface area contributed by atoms with E-state index in [0.29, 0.717) is 12.1 Å². The highest BCUT2D eigenvalue weighted by atomic mass is 32.2. The highest BCUT2D eigenvalue weighted by Crippen LogP contribution is 2.32. The molecule has 17 heavy (non-hydrogen) atoms. The Morgan fingerprint density at radius 3 is 2.12 bits per heavy atom. The molecular formula is C8H6F4O4S. The quantitative estimate of drug-likeness (QED) is 0.636. The lowest BCUT2D eigenvalue weighted by molar-refractivity contribution is -0.137. The maximum Gasteiger partial charge on any atom is 0.416 e. The van der Waals surface area contributed by atoms with Crippen molar-refractivity contribution in [3.8, 4) is 0 Å². The minimum atomic E-state index is -4.99. The van der Waals surface area contributed by atoms with Crippen molar-refractivity contribution in [2.24, 2.45) is 0 Å². The molecule has 1 rings (SSSR count). The van der Waals surface area contributed by atoms with E-state index in [1.807, 2.05) is 0 Å². The lowest BCUT2D eigenvalue weighted by Crippen LogP contribution is -2.14. The summed E-state index contributed by atoms with van der Waals surface area (Å²) in [7, 11) is -4.99. The summed E-state index contributed by atoms with van der Waals surface area (Å²) in [5, 5.41) is 8.97. The molecular weight excluding hydrogens is 268 g/mol. The first-order valence-electron chi connectivity index (χ1n) is 4.04. The fraction of sp³-hybridized carbons (Fsp3) is 0.250. The van der Waals surface area contributed by atoms with Gasteiger partial charge < -0.3 is 5.11 Å². The van der Waals surface area contributed by atoms with E-state index in [-0.39, 0.29) is 6.07 Å². The standard InChI is InChI=1S/C8H6F4O4S/c9-6-3-4(8(10,11)12)1-2-5(6)7(13)17(14,15)16/h1-3,7,13H,(H,14,15,16). The Labute approximate surface area is 93.2 Å². The SMILES string of the molecule is O=S(=O)(O)C(O)c1ccc(C(F)(F)F)cc1F. The molecule has 2 N–H and O–H groups in total. The maximum absolute atomic E-state index is 13.1. The third-order valence-electron chi connectivity index (χ3n) is 1.88. The second kappa shape index (κ2) is 4.24. The van der Waals surface area contributed by atoms with E-state index in [1.165, 1.54) is 0 Å². The Bertz CT molecular complexity index is 523. The minimum absolute atomic E-state index is 0.0315. The molecule has 0 fully saturated rings. The second-order valence-corrected chi connectivity index (χ2v) is 4.58. The molecule has 0 saturated carbocycles. The van der Waals surface area contributed by atoms with Crippen LogP contribution in [0, 0.1) is 5.82 Å². The van der Waals surface area contributed by atoms with Crippen molar-refractivity contribution < 1.29 is 35.6 Å². The molecule has 0 heterocycles. The van der Waals surface area contributed by atoms with Crippen LogP contribution in [-0.2, 0) is 16.3 Å². The van der Waals surface area contributed by atoms with Gasteiger partial charge in [-0.05, 0) is 12.1 Å². The first-order chi connectivity index (χ1) is 7.53. The van der Waals surface area contributed by atoms with E-state index in [2.05, 4.69) is 0 Å². The van der Waals surface area contributed by atoms with Crippen LogP contribution in [-0.4, -0.2) is 18.1 Å². The molecule has 1 unspecified atom stereocenters. The topological polar surface area (TPSA) is 74.6 Å². The lowest BCUT2D eigenvalue weighted by atomic mass is 10.1. The zero-order valence-corrected chi connectivity index (χ0v) is 8.76. The van der Waals surface area contributed by atoms with Gasteiger partial charge in [-0.25, -0.2) is 4.39 Å². The Kier molecular flexibility index (Phi) is 3.46. The number of aliphatic hydroxyl groups excluding tert-OH is 1. The van der Waals surface area contributed by atoms with Gasteiger partial charge >= 0.3 is 6.18 Å². The third kappa shape index (κ3) is 3.14. The molecule has 0 spiro atoms. The van der Waals surface area contributed by atoms with Crippen molar-refractivity contribution in [2.45, 2.75) is 11.6 Å². The van der Waals surface area contributed by atoms with Crippen molar-refractivity contribution in [3.05, 3.63) is 35.1 Å². The third-order valence-corrected chi connectivity index (χ3v) is 2.69. The van der Waals surface area contributed by atoms with Gasteiger partial charge in [-0.3, -0.25) is 4.55 Å². The summed E-state index contributed by atoms with van der Waals surface area (Å²) < 4.78 is 78.9. The van der Waals surface area contributed by atoms with Crippen LogP contribution in [0.4, 0.5) is 17.6 Å². The molecule has 1 aromatic rings. The number of halogens is 4. The van der Waals surface area contributed by atoms with Crippen LogP contribution in [0.1, 0.15) is 16.6 Å². The first kappa shape index (κ1) is 13.9. The maximum atomic E-state index is 13.1. The van der Waals surface area contributed by atoms with E-state index in [4.69, 9.17) is 9.66 Å². The Morgan fingerprint density at radius 2 is 1.76 bits per heavy atom. The van der Waals surface area contributed by atoms with E-state index >= 15 is 0 Å². The molecule has 0 aliphatic rings. The van der Waals surface area contributed by atoms with Gasteiger partial charge in [0.15, 0.2) is 0 Å². The number of hydrogen-bond acceptors (Lipinski definition) is 3. The van der Waals surface area contributed by atoms with E-state index in [9.17, 15) is 26.0 Å². The molecule has 0 radical (unpaired) electrons. The number of benzene rings is 1. The number of rotatable bonds is 2. The van der Waals surface area contributed by atoms with Crippen molar-refractivity contribution >= 4 is 10.1 Å². The number of aliphatic hydroxyl groups is 1. The van der Waals surface area contributed by atoms with Crippen LogP contribution in [0.3, 0.4) is 0 Å².